The van der Waals surface area contributed by atoms with Gasteiger partial charge < -0.3 is 10.0 Å². The lowest BCUT2D eigenvalue weighted by Gasteiger charge is -2.45. The van der Waals surface area contributed by atoms with Crippen LogP contribution in [-0.2, 0) is 0 Å². The second-order valence-electron chi connectivity index (χ2n) is 4.89. The summed E-state index contributed by atoms with van der Waals surface area (Å²) in [5, 5.41) is 11.0. The Morgan fingerprint density at radius 2 is 2.17 bits per heavy atom. The molecule has 0 radical (unpaired) electrons. The standard InChI is InChI=1S/C14H15NO2S/c1-2-14(17)8-15(9-14)13(16)12-7-10-5-3-4-6-11(10)18-12/h3-7,17H,2,8-9H2,1H3. The van der Waals surface area contributed by atoms with Gasteiger partial charge in [-0.05, 0) is 23.9 Å². The van der Waals surface area contributed by atoms with Gasteiger partial charge in [0.15, 0.2) is 0 Å². The number of carbonyl (C=O) groups excluding carboxylic acids is 1. The van der Waals surface area contributed by atoms with Crippen molar-refractivity contribution in [3.63, 3.8) is 0 Å². The van der Waals surface area contributed by atoms with E-state index in [9.17, 15) is 9.90 Å². The molecule has 0 atom stereocenters. The largest absolute Gasteiger partial charge is 0.386 e. The van der Waals surface area contributed by atoms with Crippen LogP contribution in [0.2, 0.25) is 0 Å². The van der Waals surface area contributed by atoms with Crippen LogP contribution in [0.15, 0.2) is 30.3 Å². The molecule has 0 bridgehead atoms. The van der Waals surface area contributed by atoms with Crippen molar-refractivity contribution in [1.29, 1.82) is 0 Å². The molecule has 2 heterocycles. The lowest BCUT2D eigenvalue weighted by Crippen LogP contribution is -2.63. The number of rotatable bonds is 2. The average molecular weight is 261 g/mol. The molecule has 1 aromatic heterocycles. The molecule has 18 heavy (non-hydrogen) atoms. The number of likely N-dealkylation sites (tertiary alicyclic amines) is 1. The van der Waals surface area contributed by atoms with Crippen LogP contribution in [0.1, 0.15) is 23.0 Å². The van der Waals surface area contributed by atoms with Gasteiger partial charge in [0.2, 0.25) is 0 Å². The maximum atomic E-state index is 12.2. The van der Waals surface area contributed by atoms with Gasteiger partial charge in [-0.15, -0.1) is 11.3 Å². The van der Waals surface area contributed by atoms with Crippen LogP contribution in [0, 0.1) is 0 Å². The Bertz CT molecular complexity index is 566. The molecular formula is C14H15NO2S. The van der Waals surface area contributed by atoms with Gasteiger partial charge >= 0.3 is 0 Å². The SMILES string of the molecule is CCC1(O)CN(C(=O)c2cc3ccccc3s2)C1. The van der Waals surface area contributed by atoms with Crippen LogP contribution in [0.3, 0.4) is 0 Å². The van der Waals surface area contributed by atoms with Crippen molar-refractivity contribution in [1.82, 2.24) is 4.90 Å². The molecule has 1 aliphatic heterocycles. The Balaban J connectivity index is 1.81. The minimum atomic E-state index is -0.660. The minimum Gasteiger partial charge on any atom is -0.386 e. The summed E-state index contributed by atoms with van der Waals surface area (Å²) in [5.41, 5.74) is -0.660. The third-order valence-corrected chi connectivity index (χ3v) is 4.66. The summed E-state index contributed by atoms with van der Waals surface area (Å²) < 4.78 is 1.13. The fraction of sp³-hybridized carbons (Fsp3) is 0.357. The van der Waals surface area contributed by atoms with Gasteiger partial charge in [0.25, 0.3) is 5.91 Å². The monoisotopic (exact) mass is 261 g/mol. The highest BCUT2D eigenvalue weighted by molar-refractivity contribution is 7.20. The van der Waals surface area contributed by atoms with Gasteiger partial charge in [0, 0.05) is 4.70 Å². The molecule has 2 aromatic rings. The van der Waals surface area contributed by atoms with Crippen LogP contribution >= 0.6 is 11.3 Å². The van der Waals surface area contributed by atoms with E-state index in [4.69, 9.17) is 0 Å². The first kappa shape index (κ1) is 11.7. The number of hydrogen-bond donors (Lipinski definition) is 1. The van der Waals surface area contributed by atoms with Gasteiger partial charge in [-0.25, -0.2) is 0 Å². The summed E-state index contributed by atoms with van der Waals surface area (Å²) in [6, 6.07) is 9.93. The zero-order chi connectivity index (χ0) is 12.8. The Morgan fingerprint density at radius 1 is 1.44 bits per heavy atom. The summed E-state index contributed by atoms with van der Waals surface area (Å²) in [6.45, 7) is 2.86. The lowest BCUT2D eigenvalue weighted by atomic mass is 9.91. The molecule has 1 N–H and O–H groups in total. The predicted molar refractivity (Wildman–Crippen MR) is 73.0 cm³/mol. The molecule has 4 heteroatoms. The van der Waals surface area contributed by atoms with E-state index in [1.54, 1.807) is 4.90 Å². The quantitative estimate of drug-likeness (QED) is 0.902. The molecule has 0 aliphatic carbocycles. The molecule has 1 fully saturated rings. The molecule has 1 amide bonds. The number of nitrogens with zero attached hydrogens (tertiary/aromatic N) is 1. The van der Waals surface area contributed by atoms with Crippen LogP contribution in [0.25, 0.3) is 10.1 Å². The van der Waals surface area contributed by atoms with Crippen molar-refractivity contribution >= 4 is 27.3 Å². The molecular weight excluding hydrogens is 246 g/mol. The lowest BCUT2D eigenvalue weighted by molar-refractivity contribution is -0.0824. The molecule has 3 rings (SSSR count). The van der Waals surface area contributed by atoms with Gasteiger partial charge in [0.1, 0.15) is 0 Å². The third kappa shape index (κ3) is 1.82. The number of β-amino-alcohol motifs (C(OH)–C–C–N with tert-alkyl or cyclic N) is 1. The van der Waals surface area contributed by atoms with Crippen molar-refractivity contribution in [2.75, 3.05) is 13.1 Å². The average Bonchev–Trinajstić information content (AvgIpc) is 2.77. The zero-order valence-corrected chi connectivity index (χ0v) is 11.0. The number of fused-ring (bicyclic) bond motifs is 1. The van der Waals surface area contributed by atoms with E-state index in [0.29, 0.717) is 19.5 Å². The second-order valence-corrected chi connectivity index (χ2v) is 5.97. The van der Waals surface area contributed by atoms with Gasteiger partial charge in [-0.2, -0.15) is 0 Å². The van der Waals surface area contributed by atoms with E-state index in [0.717, 1.165) is 15.0 Å². The number of benzene rings is 1. The first-order valence-electron chi connectivity index (χ1n) is 6.11. The second kappa shape index (κ2) is 4.07. The van der Waals surface area contributed by atoms with E-state index in [-0.39, 0.29) is 5.91 Å². The van der Waals surface area contributed by atoms with Crippen LogP contribution < -0.4 is 0 Å². The van der Waals surface area contributed by atoms with E-state index < -0.39 is 5.60 Å². The van der Waals surface area contributed by atoms with Crippen LogP contribution in [0.5, 0.6) is 0 Å². The molecule has 1 aromatic carbocycles. The van der Waals surface area contributed by atoms with E-state index in [2.05, 4.69) is 0 Å². The summed E-state index contributed by atoms with van der Waals surface area (Å²) in [5.74, 6) is 0.0364. The van der Waals surface area contributed by atoms with Crippen molar-refractivity contribution in [2.24, 2.45) is 0 Å². The van der Waals surface area contributed by atoms with Crippen molar-refractivity contribution in [3.05, 3.63) is 35.2 Å². The van der Waals surface area contributed by atoms with Crippen molar-refractivity contribution in [3.8, 4) is 0 Å². The summed E-state index contributed by atoms with van der Waals surface area (Å²) in [6.07, 6.45) is 0.698. The molecule has 0 unspecified atom stereocenters. The highest BCUT2D eigenvalue weighted by atomic mass is 32.1. The zero-order valence-electron chi connectivity index (χ0n) is 10.2. The van der Waals surface area contributed by atoms with E-state index in [1.807, 2.05) is 37.3 Å². The van der Waals surface area contributed by atoms with E-state index in [1.165, 1.54) is 11.3 Å². The highest BCUT2D eigenvalue weighted by Crippen LogP contribution is 2.30. The molecule has 3 nitrogen and oxygen atoms in total. The normalized spacial score (nSPS) is 17.8. The maximum Gasteiger partial charge on any atom is 0.264 e. The van der Waals surface area contributed by atoms with Gasteiger partial charge in [-0.3, -0.25) is 4.79 Å². The Labute approximate surface area is 110 Å². The van der Waals surface area contributed by atoms with E-state index >= 15 is 0 Å². The Kier molecular flexibility index (Phi) is 2.64. The number of amides is 1. The van der Waals surface area contributed by atoms with Crippen LogP contribution in [-0.4, -0.2) is 34.6 Å². The summed E-state index contributed by atoms with van der Waals surface area (Å²) in [7, 11) is 0. The fourth-order valence-corrected chi connectivity index (χ4v) is 3.31. The van der Waals surface area contributed by atoms with Gasteiger partial charge in [0.05, 0.1) is 23.6 Å². The van der Waals surface area contributed by atoms with Crippen molar-refractivity contribution in [2.45, 2.75) is 18.9 Å². The van der Waals surface area contributed by atoms with Crippen LogP contribution in [0.4, 0.5) is 0 Å². The highest BCUT2D eigenvalue weighted by Gasteiger charge is 2.42. The molecule has 1 aliphatic rings. The third-order valence-electron chi connectivity index (χ3n) is 3.55. The Hall–Kier alpha value is -1.39. The smallest absolute Gasteiger partial charge is 0.264 e. The topological polar surface area (TPSA) is 40.5 Å². The minimum absolute atomic E-state index is 0.0364. The first-order chi connectivity index (χ1) is 8.61. The Morgan fingerprint density at radius 3 is 2.83 bits per heavy atom. The number of aliphatic hydroxyl groups is 1. The number of carbonyl (C=O) groups is 1. The molecule has 94 valence electrons. The van der Waals surface area contributed by atoms with Crippen molar-refractivity contribution < 1.29 is 9.90 Å². The number of hydrogen-bond acceptors (Lipinski definition) is 3. The summed E-state index contributed by atoms with van der Waals surface area (Å²) >= 11 is 1.52. The van der Waals surface area contributed by atoms with Gasteiger partial charge in [-0.1, -0.05) is 25.1 Å². The summed E-state index contributed by atoms with van der Waals surface area (Å²) in [4.78, 5) is 14.7. The molecule has 0 saturated carbocycles. The first-order valence-corrected chi connectivity index (χ1v) is 6.93. The molecule has 1 saturated heterocycles. The number of thiophene rings is 1. The fourth-order valence-electron chi connectivity index (χ4n) is 2.27. The maximum absolute atomic E-state index is 12.2. The predicted octanol–water partition coefficient (Wildman–Crippen LogP) is 2.50. The molecule has 0 spiro atoms.